The molecule has 1 rings (SSSR count). The summed E-state index contributed by atoms with van der Waals surface area (Å²) in [6.45, 7) is 4.48. The fraction of sp³-hybridized carbons (Fsp3) is 0.833. The van der Waals surface area contributed by atoms with Gasteiger partial charge in [-0.25, -0.2) is 0 Å². The van der Waals surface area contributed by atoms with E-state index in [0.29, 0.717) is 6.54 Å². The first-order chi connectivity index (χ1) is 7.86. The zero-order valence-electron chi connectivity index (χ0n) is 11.1. The van der Waals surface area contributed by atoms with Crippen LogP contribution in [0.3, 0.4) is 0 Å². The molecule has 2 atom stereocenters. The van der Waals surface area contributed by atoms with E-state index in [0.717, 1.165) is 12.8 Å². The highest BCUT2D eigenvalue weighted by Crippen LogP contribution is 2.20. The summed E-state index contributed by atoms with van der Waals surface area (Å²) < 4.78 is 0. The van der Waals surface area contributed by atoms with Crippen LogP contribution in [0.15, 0.2) is 0 Å². The Morgan fingerprint density at radius 1 is 1.35 bits per heavy atom. The normalized spacial score (nSPS) is 21.8. The Bertz CT molecular complexity index is 302. The van der Waals surface area contributed by atoms with Gasteiger partial charge in [0.2, 0.25) is 11.8 Å². The van der Waals surface area contributed by atoms with Crippen molar-refractivity contribution in [3.8, 4) is 0 Å². The molecule has 0 aliphatic carbocycles. The number of rotatable bonds is 3. The van der Waals surface area contributed by atoms with E-state index in [1.54, 1.807) is 19.0 Å². The van der Waals surface area contributed by atoms with Crippen LogP contribution in [0, 0.1) is 5.92 Å². The number of likely N-dealkylation sites (tertiary alicyclic amines) is 1. The number of carbonyl (C=O) groups is 2. The molecule has 1 saturated heterocycles. The quantitative estimate of drug-likeness (QED) is 0.759. The second-order valence-electron chi connectivity index (χ2n) is 5.19. The van der Waals surface area contributed by atoms with Gasteiger partial charge >= 0.3 is 0 Å². The largest absolute Gasteiger partial charge is 0.347 e. The fourth-order valence-corrected chi connectivity index (χ4v) is 2.06. The summed E-state index contributed by atoms with van der Waals surface area (Å²) >= 11 is 0. The van der Waals surface area contributed by atoms with E-state index in [1.165, 1.54) is 4.90 Å². The smallest absolute Gasteiger partial charge is 0.244 e. The average molecular weight is 241 g/mol. The number of nitrogens with zero attached hydrogens (tertiary/aromatic N) is 2. The topological polar surface area (TPSA) is 66.6 Å². The van der Waals surface area contributed by atoms with Crippen molar-refractivity contribution in [2.75, 3.05) is 20.6 Å². The number of amides is 2. The van der Waals surface area contributed by atoms with Crippen LogP contribution >= 0.6 is 0 Å². The van der Waals surface area contributed by atoms with Gasteiger partial charge in [-0.1, -0.05) is 13.8 Å². The van der Waals surface area contributed by atoms with Gasteiger partial charge in [0.1, 0.15) is 6.04 Å². The van der Waals surface area contributed by atoms with Gasteiger partial charge in [0.15, 0.2) is 0 Å². The van der Waals surface area contributed by atoms with Gasteiger partial charge in [-0.05, 0) is 18.8 Å². The molecule has 1 aliphatic heterocycles. The predicted molar refractivity (Wildman–Crippen MR) is 66.2 cm³/mol. The van der Waals surface area contributed by atoms with Gasteiger partial charge in [-0.15, -0.1) is 0 Å². The lowest BCUT2D eigenvalue weighted by atomic mass is 10.0. The summed E-state index contributed by atoms with van der Waals surface area (Å²) in [4.78, 5) is 27.3. The Balaban J connectivity index is 2.76. The molecule has 0 aromatic heterocycles. The van der Waals surface area contributed by atoms with E-state index in [4.69, 9.17) is 5.73 Å². The first kappa shape index (κ1) is 14.0. The van der Waals surface area contributed by atoms with Crippen LogP contribution in [-0.2, 0) is 9.59 Å². The number of carbonyl (C=O) groups excluding carboxylic acids is 2. The highest BCUT2D eigenvalue weighted by Gasteiger charge is 2.37. The Hall–Kier alpha value is -1.10. The molecule has 0 aromatic carbocycles. The third-order valence-electron chi connectivity index (χ3n) is 3.27. The summed E-state index contributed by atoms with van der Waals surface area (Å²) in [6, 6.07) is -0.826. The minimum Gasteiger partial charge on any atom is -0.347 e. The van der Waals surface area contributed by atoms with E-state index < -0.39 is 6.04 Å². The molecular weight excluding hydrogens is 218 g/mol. The van der Waals surface area contributed by atoms with Crippen LogP contribution in [0.2, 0.25) is 0 Å². The third kappa shape index (κ3) is 2.97. The van der Waals surface area contributed by atoms with Gasteiger partial charge < -0.3 is 15.5 Å². The lowest BCUT2D eigenvalue weighted by Gasteiger charge is -2.29. The van der Waals surface area contributed by atoms with Crippen molar-refractivity contribution in [3.05, 3.63) is 0 Å². The van der Waals surface area contributed by atoms with E-state index >= 15 is 0 Å². The van der Waals surface area contributed by atoms with Crippen LogP contribution < -0.4 is 5.73 Å². The highest BCUT2D eigenvalue weighted by molar-refractivity contribution is 5.90. The summed E-state index contributed by atoms with van der Waals surface area (Å²) in [5.41, 5.74) is 5.86. The molecule has 2 amide bonds. The van der Waals surface area contributed by atoms with Gasteiger partial charge in [0.05, 0.1) is 6.04 Å². The van der Waals surface area contributed by atoms with Crippen LogP contribution in [0.5, 0.6) is 0 Å². The molecule has 0 radical (unpaired) electrons. The van der Waals surface area contributed by atoms with Crippen LogP contribution in [-0.4, -0.2) is 54.3 Å². The molecule has 1 heterocycles. The van der Waals surface area contributed by atoms with Crippen molar-refractivity contribution in [2.45, 2.75) is 38.8 Å². The molecule has 1 fully saturated rings. The van der Waals surface area contributed by atoms with Crippen molar-refractivity contribution in [1.29, 1.82) is 0 Å². The molecule has 0 bridgehead atoms. The van der Waals surface area contributed by atoms with E-state index in [9.17, 15) is 9.59 Å². The molecule has 98 valence electrons. The van der Waals surface area contributed by atoms with Crippen molar-refractivity contribution in [1.82, 2.24) is 9.80 Å². The van der Waals surface area contributed by atoms with Crippen LogP contribution in [0.25, 0.3) is 0 Å². The molecule has 5 nitrogen and oxygen atoms in total. The Kier molecular flexibility index (Phi) is 4.51. The fourth-order valence-electron chi connectivity index (χ4n) is 2.06. The summed E-state index contributed by atoms with van der Waals surface area (Å²) in [5.74, 6) is -0.0114. The van der Waals surface area contributed by atoms with Crippen molar-refractivity contribution >= 4 is 11.8 Å². The Morgan fingerprint density at radius 2 is 1.94 bits per heavy atom. The molecular formula is C12H23N3O2. The molecule has 0 spiro atoms. The first-order valence-electron chi connectivity index (χ1n) is 6.13. The highest BCUT2D eigenvalue weighted by atomic mass is 16.2. The predicted octanol–water partition coefficient (Wildman–Crippen LogP) is 0.0489. The summed E-state index contributed by atoms with van der Waals surface area (Å²) in [5, 5.41) is 0. The Labute approximate surface area is 103 Å². The molecule has 0 saturated carbocycles. The van der Waals surface area contributed by atoms with Gasteiger partial charge in [-0.2, -0.15) is 0 Å². The average Bonchev–Trinajstić information content (AvgIpc) is 2.74. The molecule has 17 heavy (non-hydrogen) atoms. The zero-order chi connectivity index (χ0) is 13.2. The number of likely N-dealkylation sites (N-methyl/N-ethyl adjacent to an activating group) is 1. The SMILES string of the molecule is CC(C)C(N)C(=O)N1CCCC1C(=O)N(C)C. The van der Waals surface area contributed by atoms with Crippen LogP contribution in [0.1, 0.15) is 26.7 Å². The molecule has 1 aliphatic rings. The first-order valence-corrected chi connectivity index (χ1v) is 6.13. The number of hydrogen-bond acceptors (Lipinski definition) is 3. The van der Waals surface area contributed by atoms with Crippen molar-refractivity contribution < 1.29 is 9.59 Å². The van der Waals surface area contributed by atoms with Gasteiger partial charge in [0, 0.05) is 20.6 Å². The summed E-state index contributed by atoms with van der Waals surface area (Å²) in [7, 11) is 3.43. The lowest BCUT2D eigenvalue weighted by Crippen LogP contribution is -2.52. The summed E-state index contributed by atoms with van der Waals surface area (Å²) in [6.07, 6.45) is 1.62. The van der Waals surface area contributed by atoms with Crippen molar-refractivity contribution in [2.24, 2.45) is 11.7 Å². The Morgan fingerprint density at radius 3 is 2.41 bits per heavy atom. The molecule has 5 heteroatoms. The zero-order valence-corrected chi connectivity index (χ0v) is 11.1. The van der Waals surface area contributed by atoms with Crippen LogP contribution in [0.4, 0.5) is 0 Å². The second kappa shape index (κ2) is 5.49. The maximum Gasteiger partial charge on any atom is 0.244 e. The maximum absolute atomic E-state index is 12.2. The van der Waals surface area contributed by atoms with Crippen molar-refractivity contribution in [3.63, 3.8) is 0 Å². The van der Waals surface area contributed by atoms with Gasteiger partial charge in [-0.3, -0.25) is 9.59 Å². The maximum atomic E-state index is 12.2. The molecule has 2 unspecified atom stereocenters. The molecule has 2 N–H and O–H groups in total. The molecule has 0 aromatic rings. The number of nitrogens with two attached hydrogens (primary N) is 1. The van der Waals surface area contributed by atoms with E-state index in [2.05, 4.69) is 0 Å². The minimum atomic E-state index is -0.509. The van der Waals surface area contributed by atoms with E-state index in [-0.39, 0.29) is 23.8 Å². The third-order valence-corrected chi connectivity index (χ3v) is 3.27. The minimum absolute atomic E-state index is 0.00759. The van der Waals surface area contributed by atoms with Gasteiger partial charge in [0.25, 0.3) is 0 Å². The number of hydrogen-bond donors (Lipinski definition) is 1. The standard InChI is InChI=1S/C12H23N3O2/c1-8(2)10(13)12(17)15-7-5-6-9(15)11(16)14(3)4/h8-10H,5-7,13H2,1-4H3. The lowest BCUT2D eigenvalue weighted by molar-refractivity contribution is -0.143. The monoisotopic (exact) mass is 241 g/mol. The van der Waals surface area contributed by atoms with E-state index in [1.807, 2.05) is 13.8 Å². The second-order valence-corrected chi connectivity index (χ2v) is 5.19.